The van der Waals surface area contributed by atoms with Crippen molar-refractivity contribution in [2.45, 2.75) is 58.0 Å². The van der Waals surface area contributed by atoms with E-state index in [4.69, 9.17) is 0 Å². The van der Waals surface area contributed by atoms with Gasteiger partial charge < -0.3 is 10.0 Å². The van der Waals surface area contributed by atoms with Gasteiger partial charge in [-0.3, -0.25) is 14.6 Å². The normalized spacial score (nSPS) is 19.3. The van der Waals surface area contributed by atoms with Crippen molar-refractivity contribution in [2.75, 3.05) is 0 Å². The highest BCUT2D eigenvalue weighted by Gasteiger charge is 2.46. The molecule has 0 spiro atoms. The number of pyridine rings is 1. The molecule has 1 N–H and O–H groups in total. The monoisotopic (exact) mass is 466 g/mol. The second-order valence-electron chi connectivity index (χ2n) is 9.79. The van der Waals surface area contributed by atoms with E-state index in [1.807, 2.05) is 54.6 Å². The van der Waals surface area contributed by atoms with E-state index in [0.717, 1.165) is 30.4 Å². The van der Waals surface area contributed by atoms with Crippen LogP contribution in [0.3, 0.4) is 0 Å². The lowest BCUT2D eigenvalue weighted by molar-refractivity contribution is -0.140. The lowest BCUT2D eigenvalue weighted by atomic mass is 9.88. The average Bonchev–Trinajstić information content (AvgIpc) is 3.13. The third kappa shape index (κ3) is 4.39. The topological polar surface area (TPSA) is 70.5 Å². The van der Waals surface area contributed by atoms with E-state index in [1.54, 1.807) is 17.3 Å². The molecule has 35 heavy (non-hydrogen) atoms. The maximum atomic E-state index is 13.3. The number of aliphatic hydroxyl groups excluding tert-OH is 1. The first-order valence-corrected chi connectivity index (χ1v) is 12.3. The van der Waals surface area contributed by atoms with Gasteiger partial charge in [-0.1, -0.05) is 50.2 Å². The number of aryl methyl sites for hydroxylation is 2. The molecule has 1 aliphatic heterocycles. The Morgan fingerprint density at radius 3 is 2.34 bits per heavy atom. The highest BCUT2D eigenvalue weighted by molar-refractivity contribution is 6.46. The lowest BCUT2D eigenvalue weighted by Crippen LogP contribution is -2.29. The molecule has 3 aromatic rings. The maximum Gasteiger partial charge on any atom is 0.295 e. The van der Waals surface area contributed by atoms with Gasteiger partial charge in [-0.25, -0.2) is 0 Å². The molecule has 2 aromatic carbocycles. The zero-order valence-corrected chi connectivity index (χ0v) is 20.2. The molecular weight excluding hydrogens is 436 g/mol. The molecule has 2 aliphatic rings. The summed E-state index contributed by atoms with van der Waals surface area (Å²) in [6.45, 7) is 4.51. The van der Waals surface area contributed by atoms with Crippen molar-refractivity contribution >= 4 is 17.4 Å². The van der Waals surface area contributed by atoms with Crippen molar-refractivity contribution in [3.63, 3.8) is 0 Å². The number of carbonyl (C=O) groups excluding carboxylic acids is 2. The predicted octanol–water partition coefficient (Wildman–Crippen LogP) is 5.71. The van der Waals surface area contributed by atoms with Crippen LogP contribution in [0.5, 0.6) is 0 Å². The van der Waals surface area contributed by atoms with E-state index in [1.165, 1.54) is 23.1 Å². The first-order chi connectivity index (χ1) is 16.9. The summed E-state index contributed by atoms with van der Waals surface area (Å²) in [6, 6.07) is 16.9. The minimum Gasteiger partial charge on any atom is -0.507 e. The number of aromatic nitrogens is 1. The van der Waals surface area contributed by atoms with Crippen LogP contribution >= 0.6 is 0 Å². The Morgan fingerprint density at radius 1 is 0.971 bits per heavy atom. The molecule has 1 saturated heterocycles. The van der Waals surface area contributed by atoms with Gasteiger partial charge in [0.2, 0.25) is 0 Å². The number of Topliss-reactive ketones (excluding diaryl/α,β-unsaturated/α-hetero) is 1. The fraction of sp³-hybridized carbons (Fsp3) is 0.300. The van der Waals surface area contributed by atoms with Crippen molar-refractivity contribution in [1.82, 2.24) is 9.88 Å². The quantitative estimate of drug-likeness (QED) is 0.297. The first-order valence-electron chi connectivity index (χ1n) is 12.3. The van der Waals surface area contributed by atoms with Crippen molar-refractivity contribution in [3.05, 3.63) is 106 Å². The lowest BCUT2D eigenvalue weighted by Gasteiger charge is -2.26. The predicted molar refractivity (Wildman–Crippen MR) is 136 cm³/mol. The van der Waals surface area contributed by atoms with E-state index in [-0.39, 0.29) is 17.9 Å². The molecule has 1 unspecified atom stereocenters. The van der Waals surface area contributed by atoms with Crippen molar-refractivity contribution < 1.29 is 14.7 Å². The summed E-state index contributed by atoms with van der Waals surface area (Å²) in [5.74, 6) is -0.985. The van der Waals surface area contributed by atoms with Crippen LogP contribution in [0.25, 0.3) is 5.76 Å². The number of rotatable bonds is 5. The standard InChI is InChI=1S/C30H30N2O3/c1-19(2)21-7-10-23(11-8-21)27-26(28(33)25-12-9-22-5-3-4-6-24(22)17-25)29(34)30(35)32(27)18-20-13-15-31-16-14-20/h7-17,19,27,33H,3-6,18H2,1-2H3/b28-26-. The molecule has 5 nitrogen and oxygen atoms in total. The smallest absolute Gasteiger partial charge is 0.295 e. The number of benzene rings is 2. The Balaban J connectivity index is 1.62. The summed E-state index contributed by atoms with van der Waals surface area (Å²) in [5.41, 5.74) is 6.11. The van der Waals surface area contributed by atoms with Crippen molar-refractivity contribution in [3.8, 4) is 0 Å². The molecule has 5 heteroatoms. The van der Waals surface area contributed by atoms with Gasteiger partial charge in [0.1, 0.15) is 5.76 Å². The Hall–Kier alpha value is -3.73. The summed E-state index contributed by atoms with van der Waals surface area (Å²) in [6.07, 6.45) is 7.64. The third-order valence-electron chi connectivity index (χ3n) is 7.18. The Bertz CT molecular complexity index is 1290. The molecule has 1 aliphatic carbocycles. The van der Waals surface area contributed by atoms with Crippen LogP contribution in [0.1, 0.15) is 72.0 Å². The number of hydrogen-bond acceptors (Lipinski definition) is 4. The highest BCUT2D eigenvalue weighted by atomic mass is 16.3. The van der Waals surface area contributed by atoms with Gasteiger partial charge in [-0.2, -0.15) is 0 Å². The van der Waals surface area contributed by atoms with Crippen molar-refractivity contribution in [1.29, 1.82) is 0 Å². The van der Waals surface area contributed by atoms with Gasteiger partial charge in [0.15, 0.2) is 0 Å². The molecule has 1 aromatic heterocycles. The summed E-state index contributed by atoms with van der Waals surface area (Å²) in [7, 11) is 0. The highest BCUT2D eigenvalue weighted by Crippen LogP contribution is 2.41. The van der Waals surface area contributed by atoms with Gasteiger partial charge in [0.25, 0.3) is 11.7 Å². The largest absolute Gasteiger partial charge is 0.507 e. The molecule has 0 radical (unpaired) electrons. The van der Waals surface area contributed by atoms with Gasteiger partial charge in [-0.15, -0.1) is 0 Å². The van der Waals surface area contributed by atoms with E-state index in [9.17, 15) is 14.7 Å². The number of likely N-dealkylation sites (tertiary alicyclic amines) is 1. The number of fused-ring (bicyclic) bond motifs is 1. The molecule has 5 rings (SSSR count). The van der Waals surface area contributed by atoms with Crippen LogP contribution in [-0.4, -0.2) is 26.7 Å². The van der Waals surface area contributed by atoms with Crippen LogP contribution in [0.4, 0.5) is 0 Å². The number of aliphatic hydroxyl groups is 1. The van der Waals surface area contributed by atoms with Gasteiger partial charge in [0.05, 0.1) is 11.6 Å². The zero-order chi connectivity index (χ0) is 24.5. The number of nitrogens with zero attached hydrogens (tertiary/aromatic N) is 2. The van der Waals surface area contributed by atoms with Crippen LogP contribution < -0.4 is 0 Å². The van der Waals surface area contributed by atoms with Crippen LogP contribution in [0, 0.1) is 0 Å². The number of carbonyl (C=O) groups is 2. The van der Waals surface area contributed by atoms with E-state index in [2.05, 4.69) is 18.8 Å². The van der Waals surface area contributed by atoms with Gasteiger partial charge in [-0.05, 0) is 77.6 Å². The average molecular weight is 467 g/mol. The SMILES string of the molecule is CC(C)c1ccc(C2/C(=C(/O)c3ccc4c(c3)CCCC4)C(=O)C(=O)N2Cc2ccncc2)cc1. The second kappa shape index (κ2) is 9.49. The third-order valence-corrected chi connectivity index (χ3v) is 7.18. The zero-order valence-electron chi connectivity index (χ0n) is 20.2. The Labute approximate surface area is 206 Å². The molecule has 1 fully saturated rings. The number of hydrogen-bond donors (Lipinski definition) is 1. The second-order valence-corrected chi connectivity index (χ2v) is 9.79. The van der Waals surface area contributed by atoms with E-state index in [0.29, 0.717) is 11.5 Å². The fourth-order valence-electron chi connectivity index (χ4n) is 5.17. The molecule has 1 amide bonds. The van der Waals surface area contributed by atoms with Gasteiger partial charge >= 0.3 is 0 Å². The number of ketones is 1. The summed E-state index contributed by atoms with van der Waals surface area (Å²) in [4.78, 5) is 32.2. The van der Waals surface area contributed by atoms with E-state index >= 15 is 0 Å². The van der Waals surface area contributed by atoms with Crippen molar-refractivity contribution in [2.24, 2.45) is 0 Å². The first kappa shape index (κ1) is 23.0. The summed E-state index contributed by atoms with van der Waals surface area (Å²) in [5, 5.41) is 11.4. The molecular formula is C30H30N2O3. The van der Waals surface area contributed by atoms with Crippen LogP contribution in [0.2, 0.25) is 0 Å². The molecule has 178 valence electrons. The molecule has 0 saturated carbocycles. The van der Waals surface area contributed by atoms with Gasteiger partial charge in [0, 0.05) is 24.5 Å². The minimum absolute atomic E-state index is 0.105. The number of amides is 1. The van der Waals surface area contributed by atoms with Crippen LogP contribution in [0.15, 0.2) is 72.6 Å². The Kier molecular flexibility index (Phi) is 6.25. The summed E-state index contributed by atoms with van der Waals surface area (Å²) < 4.78 is 0. The minimum atomic E-state index is -0.666. The molecule has 0 bridgehead atoms. The Morgan fingerprint density at radius 2 is 1.66 bits per heavy atom. The van der Waals surface area contributed by atoms with Crippen LogP contribution in [-0.2, 0) is 29.0 Å². The van der Waals surface area contributed by atoms with E-state index < -0.39 is 17.7 Å². The molecule has 2 heterocycles. The fourth-order valence-corrected chi connectivity index (χ4v) is 5.17. The molecule has 1 atom stereocenters. The summed E-state index contributed by atoms with van der Waals surface area (Å²) >= 11 is 0. The maximum absolute atomic E-state index is 13.3.